The van der Waals surface area contributed by atoms with Crippen LogP contribution in [0.25, 0.3) is 0 Å². The van der Waals surface area contributed by atoms with Crippen molar-refractivity contribution < 1.29 is 13.2 Å². The molecular weight excluding hydrogens is 314 g/mol. The molecule has 0 aromatic carbocycles. The summed E-state index contributed by atoms with van der Waals surface area (Å²) in [6.07, 6.45) is 9.06. The lowest BCUT2D eigenvalue weighted by molar-refractivity contribution is 0.169. The number of nitrogens with zero attached hydrogens (tertiary/aromatic N) is 1. The summed E-state index contributed by atoms with van der Waals surface area (Å²) >= 11 is 0. The van der Waals surface area contributed by atoms with Gasteiger partial charge in [-0.05, 0) is 38.0 Å². The van der Waals surface area contributed by atoms with Crippen LogP contribution in [0.5, 0.6) is 0 Å². The minimum Gasteiger partial charge on any atom is -0.336 e. The van der Waals surface area contributed by atoms with E-state index in [1.807, 2.05) is 0 Å². The van der Waals surface area contributed by atoms with Gasteiger partial charge in [-0.25, -0.2) is 18.4 Å². The molecule has 134 valence electrons. The molecule has 3 N–H and O–H groups in total. The van der Waals surface area contributed by atoms with Crippen LogP contribution in [0, 0.1) is 11.8 Å². The van der Waals surface area contributed by atoms with Crippen molar-refractivity contribution >= 4 is 16.1 Å². The van der Waals surface area contributed by atoms with Gasteiger partial charge in [0.15, 0.2) is 0 Å². The normalized spacial score (nSPS) is 22.8. The van der Waals surface area contributed by atoms with Crippen molar-refractivity contribution in [3.63, 3.8) is 0 Å². The first kappa shape index (κ1) is 18.5. The third kappa shape index (κ3) is 6.67. The number of carbonyl (C=O) groups excluding carboxylic acids is 1. The van der Waals surface area contributed by atoms with Crippen molar-refractivity contribution in [3.8, 4) is 0 Å². The molecule has 0 aromatic heterocycles. The van der Waals surface area contributed by atoms with E-state index < -0.39 is 10.0 Å². The van der Waals surface area contributed by atoms with Gasteiger partial charge in [-0.15, -0.1) is 0 Å². The van der Waals surface area contributed by atoms with Gasteiger partial charge in [0.25, 0.3) is 0 Å². The number of amides is 2. The van der Waals surface area contributed by atoms with Crippen LogP contribution in [0.4, 0.5) is 4.79 Å². The van der Waals surface area contributed by atoms with Gasteiger partial charge in [-0.3, -0.25) is 0 Å². The smallest absolute Gasteiger partial charge is 0.317 e. The van der Waals surface area contributed by atoms with Crippen molar-refractivity contribution in [2.45, 2.75) is 64.3 Å². The fourth-order valence-electron chi connectivity index (χ4n) is 3.92. The van der Waals surface area contributed by atoms with Crippen molar-refractivity contribution in [1.29, 1.82) is 0 Å². The van der Waals surface area contributed by atoms with Crippen LogP contribution in [0.15, 0.2) is 0 Å². The zero-order chi connectivity index (χ0) is 16.9. The Morgan fingerprint density at radius 1 is 1.13 bits per heavy atom. The maximum atomic E-state index is 12.3. The number of primary sulfonamides is 1. The lowest BCUT2D eigenvalue weighted by atomic mass is 9.85. The van der Waals surface area contributed by atoms with E-state index in [1.54, 1.807) is 4.90 Å². The van der Waals surface area contributed by atoms with Crippen molar-refractivity contribution in [2.24, 2.45) is 17.0 Å². The zero-order valence-corrected chi connectivity index (χ0v) is 15.0. The summed E-state index contributed by atoms with van der Waals surface area (Å²) < 4.78 is 22.3. The van der Waals surface area contributed by atoms with Crippen LogP contribution in [0.2, 0.25) is 0 Å². The molecule has 1 atom stereocenters. The van der Waals surface area contributed by atoms with E-state index >= 15 is 0 Å². The number of piperidine rings is 1. The Morgan fingerprint density at radius 3 is 2.30 bits per heavy atom. The fraction of sp³-hybridized carbons (Fsp3) is 0.938. The zero-order valence-electron chi connectivity index (χ0n) is 14.2. The highest BCUT2D eigenvalue weighted by atomic mass is 32.2. The Bertz CT molecular complexity index is 481. The Labute approximate surface area is 140 Å². The van der Waals surface area contributed by atoms with Gasteiger partial charge >= 0.3 is 6.03 Å². The summed E-state index contributed by atoms with van der Waals surface area (Å²) in [5.74, 6) is 0.855. The van der Waals surface area contributed by atoms with Crippen molar-refractivity contribution in [3.05, 3.63) is 0 Å². The number of hydrogen-bond acceptors (Lipinski definition) is 3. The largest absolute Gasteiger partial charge is 0.336 e. The molecule has 1 heterocycles. The molecule has 23 heavy (non-hydrogen) atoms. The molecule has 7 heteroatoms. The molecule has 0 unspecified atom stereocenters. The lowest BCUT2D eigenvalue weighted by Gasteiger charge is -2.33. The van der Waals surface area contributed by atoms with E-state index in [-0.39, 0.29) is 23.7 Å². The minimum absolute atomic E-state index is 0.0117. The number of carbonyl (C=O) groups is 1. The van der Waals surface area contributed by atoms with E-state index in [0.717, 1.165) is 12.3 Å². The van der Waals surface area contributed by atoms with Crippen LogP contribution in [0.3, 0.4) is 0 Å². The monoisotopic (exact) mass is 345 g/mol. The first-order valence-electron chi connectivity index (χ1n) is 8.89. The predicted octanol–water partition coefficient (Wildman–Crippen LogP) is 2.06. The first-order valence-corrected chi connectivity index (χ1v) is 10.6. The molecule has 0 bridgehead atoms. The molecule has 0 spiro atoms. The Kier molecular flexibility index (Phi) is 6.71. The van der Waals surface area contributed by atoms with Crippen LogP contribution >= 0.6 is 0 Å². The molecule has 2 rings (SSSR count). The Hall–Kier alpha value is -0.820. The van der Waals surface area contributed by atoms with E-state index in [0.29, 0.717) is 25.9 Å². The summed E-state index contributed by atoms with van der Waals surface area (Å²) in [5.41, 5.74) is 0. The van der Waals surface area contributed by atoms with Gasteiger partial charge in [-0.1, -0.05) is 32.1 Å². The van der Waals surface area contributed by atoms with E-state index in [4.69, 9.17) is 5.14 Å². The number of sulfonamides is 1. The summed E-state index contributed by atoms with van der Waals surface area (Å²) in [7, 11) is -3.42. The van der Waals surface area contributed by atoms with Gasteiger partial charge in [-0.2, -0.15) is 0 Å². The molecule has 0 aromatic rings. The summed E-state index contributed by atoms with van der Waals surface area (Å²) in [5, 5.41) is 8.20. The second-order valence-electron chi connectivity index (χ2n) is 7.35. The maximum Gasteiger partial charge on any atom is 0.317 e. The molecule has 1 aliphatic heterocycles. The van der Waals surface area contributed by atoms with E-state index in [1.165, 1.54) is 32.1 Å². The highest BCUT2D eigenvalue weighted by Gasteiger charge is 2.26. The van der Waals surface area contributed by atoms with Gasteiger partial charge < -0.3 is 10.2 Å². The lowest BCUT2D eigenvalue weighted by Crippen LogP contribution is -2.48. The predicted molar refractivity (Wildman–Crippen MR) is 91.5 cm³/mol. The second kappa shape index (κ2) is 8.33. The van der Waals surface area contributed by atoms with Crippen LogP contribution in [-0.2, 0) is 10.0 Å². The standard InChI is InChI=1S/C16H31N3O3S/c1-13(11-14-5-3-2-4-6-14)18-16(20)19-9-7-15(8-10-19)12-23(17,21)22/h13-15H,2-12H2,1H3,(H,18,20)(H2,17,21,22)/t13-/m1/s1. The van der Waals surface area contributed by atoms with Crippen LogP contribution in [0.1, 0.15) is 58.3 Å². The molecule has 2 amide bonds. The number of nitrogens with two attached hydrogens (primary N) is 1. The molecule has 0 radical (unpaired) electrons. The van der Waals surface area contributed by atoms with Gasteiger partial charge in [0.1, 0.15) is 0 Å². The van der Waals surface area contributed by atoms with E-state index in [9.17, 15) is 13.2 Å². The SMILES string of the molecule is C[C@H](CC1CCCCC1)NC(=O)N1CCC(CS(N)(=O)=O)CC1. The minimum atomic E-state index is -3.42. The number of nitrogens with one attached hydrogen (secondary N) is 1. The first-order chi connectivity index (χ1) is 10.8. The van der Waals surface area contributed by atoms with Gasteiger partial charge in [0.2, 0.25) is 10.0 Å². The number of likely N-dealkylation sites (tertiary alicyclic amines) is 1. The van der Waals surface area contributed by atoms with Gasteiger partial charge in [0, 0.05) is 19.1 Å². The maximum absolute atomic E-state index is 12.3. The third-order valence-corrected chi connectivity index (χ3v) is 6.09. The summed E-state index contributed by atoms with van der Waals surface area (Å²) in [6, 6.07) is 0.190. The number of rotatable bonds is 5. The summed E-state index contributed by atoms with van der Waals surface area (Å²) in [6.45, 7) is 3.31. The highest BCUT2D eigenvalue weighted by molar-refractivity contribution is 7.89. The average Bonchev–Trinajstić information content (AvgIpc) is 2.47. The van der Waals surface area contributed by atoms with Gasteiger partial charge in [0.05, 0.1) is 5.75 Å². The number of urea groups is 1. The third-order valence-electron chi connectivity index (χ3n) is 5.15. The topological polar surface area (TPSA) is 92.5 Å². The van der Waals surface area contributed by atoms with E-state index in [2.05, 4.69) is 12.2 Å². The average molecular weight is 346 g/mol. The molecule has 2 fully saturated rings. The molecule has 1 aliphatic carbocycles. The van der Waals surface area contributed by atoms with Crippen LogP contribution in [-0.4, -0.2) is 44.2 Å². The quantitative estimate of drug-likeness (QED) is 0.799. The van der Waals surface area contributed by atoms with Crippen LogP contribution < -0.4 is 10.5 Å². The summed E-state index contributed by atoms with van der Waals surface area (Å²) in [4.78, 5) is 14.1. The molecule has 1 saturated carbocycles. The fourth-order valence-corrected chi connectivity index (χ4v) is 4.91. The molecule has 6 nitrogen and oxygen atoms in total. The molecular formula is C16H31N3O3S. The Balaban J connectivity index is 1.69. The second-order valence-corrected chi connectivity index (χ2v) is 9.01. The molecule has 1 saturated heterocycles. The number of hydrogen-bond donors (Lipinski definition) is 2. The highest BCUT2D eigenvalue weighted by Crippen LogP contribution is 2.27. The Morgan fingerprint density at radius 2 is 1.74 bits per heavy atom. The molecule has 2 aliphatic rings. The van der Waals surface area contributed by atoms with Crippen molar-refractivity contribution in [2.75, 3.05) is 18.8 Å². The van der Waals surface area contributed by atoms with Crippen molar-refractivity contribution in [1.82, 2.24) is 10.2 Å².